The number of aliphatic hydroxyl groups excluding tert-OH is 2. The molecule has 0 bridgehead atoms. The largest absolute Gasteiger partial charge is 0.469 e. The predicted octanol–water partition coefficient (Wildman–Crippen LogP) is 2.04. The van der Waals surface area contributed by atoms with Gasteiger partial charge >= 0.3 is 11.9 Å². The average Bonchev–Trinajstić information content (AvgIpc) is 2.70. The van der Waals surface area contributed by atoms with Crippen molar-refractivity contribution in [2.24, 2.45) is 34.5 Å². The molecule has 3 rings (SSSR count). The second-order valence-electron chi connectivity index (χ2n) is 9.59. The highest BCUT2D eigenvalue weighted by atomic mass is 16.5. The lowest BCUT2D eigenvalue weighted by Gasteiger charge is -2.62. The fraction of sp³-hybridized carbons (Fsp3) is 0.783. The second kappa shape index (κ2) is 8.08. The summed E-state index contributed by atoms with van der Waals surface area (Å²) >= 11 is 0. The minimum Gasteiger partial charge on any atom is -0.469 e. The number of fused-ring (bicyclic) bond motifs is 3. The first-order valence-electron chi connectivity index (χ1n) is 10.9. The molecule has 8 atom stereocenters. The number of carbonyl (C=O) groups excluding carboxylic acids is 3. The van der Waals surface area contributed by atoms with Gasteiger partial charge in [0.25, 0.3) is 0 Å². The maximum absolute atomic E-state index is 13.4. The number of methoxy groups -OCH3 is 1. The molecular weight excluding hydrogens is 388 g/mol. The Bertz CT molecular complexity index is 759. The van der Waals surface area contributed by atoms with Gasteiger partial charge in [-0.25, -0.2) is 4.79 Å². The molecule has 0 radical (unpaired) electrons. The van der Waals surface area contributed by atoms with Crippen LogP contribution in [0.5, 0.6) is 0 Å². The van der Waals surface area contributed by atoms with Crippen LogP contribution in [0.15, 0.2) is 11.6 Å². The molecule has 0 amide bonds. The highest BCUT2D eigenvalue weighted by Gasteiger charge is 2.68. The summed E-state index contributed by atoms with van der Waals surface area (Å²) in [5.41, 5.74) is -1.00. The van der Waals surface area contributed by atoms with Gasteiger partial charge in [-0.05, 0) is 56.8 Å². The minimum atomic E-state index is -1.38. The van der Waals surface area contributed by atoms with Gasteiger partial charge in [0.05, 0.1) is 25.2 Å². The highest BCUT2D eigenvalue weighted by Crippen LogP contribution is 2.64. The van der Waals surface area contributed by atoms with Crippen molar-refractivity contribution in [3.8, 4) is 0 Å². The molecule has 3 aliphatic carbocycles. The van der Waals surface area contributed by atoms with E-state index in [1.807, 2.05) is 13.8 Å². The zero-order valence-corrected chi connectivity index (χ0v) is 18.5. The number of esters is 2. The SMILES string of the molecule is CCOC(=O)C=C1CC[C@H]2[C@@H](C(=O)[C@H](O)[C@@H]3[C@]2(C)CC[C@H](O)[C@]3(C)C(=O)OC)[C@H]1C. The van der Waals surface area contributed by atoms with E-state index in [4.69, 9.17) is 9.47 Å². The monoisotopic (exact) mass is 422 g/mol. The van der Waals surface area contributed by atoms with Gasteiger partial charge in [0.1, 0.15) is 6.10 Å². The van der Waals surface area contributed by atoms with Crippen molar-refractivity contribution in [1.82, 2.24) is 0 Å². The van der Waals surface area contributed by atoms with E-state index in [2.05, 4.69) is 0 Å². The summed E-state index contributed by atoms with van der Waals surface area (Å²) in [5.74, 6) is -2.74. The Balaban J connectivity index is 2.02. The number of Topliss-reactive ketones (excluding diaryl/α,β-unsaturated/α-hetero) is 1. The van der Waals surface area contributed by atoms with Crippen molar-refractivity contribution in [1.29, 1.82) is 0 Å². The molecule has 3 aliphatic rings. The third kappa shape index (κ3) is 3.21. The third-order valence-corrected chi connectivity index (χ3v) is 8.30. The van der Waals surface area contributed by atoms with Gasteiger partial charge < -0.3 is 19.7 Å². The summed E-state index contributed by atoms with van der Waals surface area (Å²) in [6, 6.07) is 0. The zero-order chi connectivity index (χ0) is 22.4. The summed E-state index contributed by atoms with van der Waals surface area (Å²) in [6.07, 6.45) is 1.48. The van der Waals surface area contributed by atoms with Crippen molar-refractivity contribution in [3.63, 3.8) is 0 Å². The lowest BCUT2D eigenvalue weighted by Crippen LogP contribution is -2.68. The fourth-order valence-electron chi connectivity index (χ4n) is 6.78. The normalized spacial score (nSPS) is 44.8. The summed E-state index contributed by atoms with van der Waals surface area (Å²) in [6.45, 7) is 7.60. The van der Waals surface area contributed by atoms with Gasteiger partial charge in [0.15, 0.2) is 5.78 Å². The van der Waals surface area contributed by atoms with Gasteiger partial charge in [-0.2, -0.15) is 0 Å². The van der Waals surface area contributed by atoms with Crippen LogP contribution in [0.25, 0.3) is 0 Å². The highest BCUT2D eigenvalue weighted by molar-refractivity contribution is 5.90. The van der Waals surface area contributed by atoms with Crippen LogP contribution in [-0.2, 0) is 23.9 Å². The number of allylic oxidation sites excluding steroid dienone is 1. The van der Waals surface area contributed by atoms with E-state index < -0.39 is 46.8 Å². The molecule has 30 heavy (non-hydrogen) atoms. The summed E-state index contributed by atoms with van der Waals surface area (Å²) in [7, 11) is 1.27. The predicted molar refractivity (Wildman–Crippen MR) is 108 cm³/mol. The van der Waals surface area contributed by atoms with E-state index in [0.29, 0.717) is 25.7 Å². The van der Waals surface area contributed by atoms with E-state index in [0.717, 1.165) is 5.57 Å². The molecule has 0 heterocycles. The number of carbonyl (C=O) groups is 3. The quantitative estimate of drug-likeness (QED) is 0.529. The number of ketones is 1. The second-order valence-corrected chi connectivity index (χ2v) is 9.59. The van der Waals surface area contributed by atoms with Crippen LogP contribution in [0.3, 0.4) is 0 Å². The molecule has 0 spiro atoms. The number of aliphatic hydroxyl groups is 2. The molecule has 3 fully saturated rings. The van der Waals surface area contributed by atoms with E-state index in [-0.39, 0.29) is 24.2 Å². The van der Waals surface area contributed by atoms with E-state index in [1.54, 1.807) is 13.8 Å². The van der Waals surface area contributed by atoms with Crippen LogP contribution in [0.2, 0.25) is 0 Å². The van der Waals surface area contributed by atoms with Gasteiger partial charge in [0, 0.05) is 17.9 Å². The number of hydrogen-bond acceptors (Lipinski definition) is 7. The third-order valence-electron chi connectivity index (χ3n) is 8.30. The smallest absolute Gasteiger partial charge is 0.330 e. The van der Waals surface area contributed by atoms with Crippen molar-refractivity contribution in [2.75, 3.05) is 13.7 Å². The molecular formula is C23H34O7. The lowest BCUT2D eigenvalue weighted by atomic mass is 9.41. The van der Waals surface area contributed by atoms with E-state index in [1.165, 1.54) is 13.2 Å². The Labute approximate surface area is 177 Å². The van der Waals surface area contributed by atoms with Crippen molar-refractivity contribution in [3.05, 3.63) is 11.6 Å². The van der Waals surface area contributed by atoms with E-state index in [9.17, 15) is 24.6 Å². The first-order chi connectivity index (χ1) is 14.0. The van der Waals surface area contributed by atoms with Crippen LogP contribution in [0.4, 0.5) is 0 Å². The van der Waals surface area contributed by atoms with Crippen molar-refractivity contribution < 1.29 is 34.1 Å². The number of hydrogen-bond donors (Lipinski definition) is 2. The Kier molecular flexibility index (Phi) is 6.18. The fourth-order valence-corrected chi connectivity index (χ4v) is 6.78. The molecule has 0 aromatic carbocycles. The Hall–Kier alpha value is -1.73. The van der Waals surface area contributed by atoms with Crippen LogP contribution in [0.1, 0.15) is 53.4 Å². The Morgan fingerprint density at radius 3 is 2.50 bits per heavy atom. The van der Waals surface area contributed by atoms with Crippen LogP contribution < -0.4 is 0 Å². The molecule has 0 unspecified atom stereocenters. The first kappa shape index (κ1) is 22.9. The molecule has 2 N–H and O–H groups in total. The molecule has 0 aromatic heterocycles. The molecule has 7 heteroatoms. The summed E-state index contributed by atoms with van der Waals surface area (Å²) in [4.78, 5) is 38.1. The molecule has 0 aliphatic heterocycles. The van der Waals surface area contributed by atoms with Crippen molar-refractivity contribution in [2.45, 2.75) is 65.6 Å². The molecule has 0 aromatic rings. The minimum absolute atomic E-state index is 0.0516. The van der Waals surface area contributed by atoms with Crippen molar-refractivity contribution >= 4 is 17.7 Å². The van der Waals surface area contributed by atoms with Gasteiger partial charge in [-0.15, -0.1) is 0 Å². The Morgan fingerprint density at radius 1 is 1.23 bits per heavy atom. The summed E-state index contributed by atoms with van der Waals surface area (Å²) < 4.78 is 10.0. The maximum Gasteiger partial charge on any atom is 0.330 e. The van der Waals surface area contributed by atoms with Crippen LogP contribution >= 0.6 is 0 Å². The summed E-state index contributed by atoms with van der Waals surface area (Å²) in [5, 5.41) is 21.9. The first-order valence-corrected chi connectivity index (χ1v) is 10.9. The zero-order valence-electron chi connectivity index (χ0n) is 18.5. The van der Waals surface area contributed by atoms with Crippen LogP contribution in [-0.4, -0.2) is 53.9 Å². The topological polar surface area (TPSA) is 110 Å². The van der Waals surface area contributed by atoms with Gasteiger partial charge in [-0.3, -0.25) is 9.59 Å². The molecule has 0 saturated heterocycles. The van der Waals surface area contributed by atoms with Gasteiger partial charge in [-0.1, -0.05) is 19.4 Å². The maximum atomic E-state index is 13.4. The molecule has 3 saturated carbocycles. The number of rotatable bonds is 3. The molecule has 7 nitrogen and oxygen atoms in total. The Morgan fingerprint density at radius 2 is 1.90 bits per heavy atom. The number of ether oxygens (including phenoxy) is 2. The van der Waals surface area contributed by atoms with Crippen LogP contribution in [0, 0.1) is 34.5 Å². The average molecular weight is 423 g/mol. The van der Waals surface area contributed by atoms with Gasteiger partial charge in [0.2, 0.25) is 0 Å². The van der Waals surface area contributed by atoms with E-state index >= 15 is 0 Å². The standard InChI is InChI=1S/C23H34O7/c1-6-30-16(25)11-13-7-8-14-17(12(13)2)18(26)19(27)20-22(14,3)10-9-15(24)23(20,4)21(28)29-5/h11-12,14-15,17,19-20,24,27H,6-10H2,1-5H3/t12-,14-,15-,17-,19-,20+,22+,23-/m0/s1. The molecule has 168 valence electrons. The lowest BCUT2D eigenvalue weighted by molar-refractivity contribution is -0.217.